The largest absolute Gasteiger partial charge is 0.340 e. The van der Waals surface area contributed by atoms with Gasteiger partial charge >= 0.3 is 6.03 Å². The van der Waals surface area contributed by atoms with Gasteiger partial charge in [0.05, 0.1) is 11.9 Å². The van der Waals surface area contributed by atoms with Crippen molar-refractivity contribution >= 4 is 40.5 Å². The Balaban J connectivity index is 1.55. The lowest BCUT2D eigenvalue weighted by molar-refractivity contribution is -0.114. The molecule has 0 spiro atoms. The first kappa shape index (κ1) is 17.9. The molecule has 0 atom stereocenters. The van der Waals surface area contributed by atoms with Gasteiger partial charge in [-0.25, -0.2) is 9.78 Å². The Hall–Kier alpha value is -3.87. The van der Waals surface area contributed by atoms with Crippen molar-refractivity contribution < 1.29 is 9.59 Å². The van der Waals surface area contributed by atoms with E-state index in [1.807, 2.05) is 42.5 Å². The van der Waals surface area contributed by atoms with Crippen LogP contribution in [0.5, 0.6) is 0 Å². The highest BCUT2D eigenvalue weighted by Crippen LogP contribution is 2.19. The summed E-state index contributed by atoms with van der Waals surface area (Å²) in [6.07, 6.45) is 1.57. The first-order valence-electron chi connectivity index (χ1n) is 8.32. The summed E-state index contributed by atoms with van der Waals surface area (Å²) in [6, 6.07) is 19.7. The molecule has 1 aromatic heterocycles. The number of anilines is 5. The molecule has 3 aromatic rings. The second-order valence-corrected chi connectivity index (χ2v) is 5.76. The second kappa shape index (κ2) is 8.48. The minimum absolute atomic E-state index is 0.114. The molecule has 7 heteroatoms. The molecule has 0 saturated carbocycles. The number of benzene rings is 2. The van der Waals surface area contributed by atoms with Gasteiger partial charge < -0.3 is 21.3 Å². The summed E-state index contributed by atoms with van der Waals surface area (Å²) in [5.74, 6) is 0.521. The maximum absolute atomic E-state index is 12.0. The van der Waals surface area contributed by atoms with Crippen molar-refractivity contribution in [1.82, 2.24) is 4.98 Å². The van der Waals surface area contributed by atoms with Crippen molar-refractivity contribution in [2.75, 3.05) is 21.3 Å². The van der Waals surface area contributed by atoms with Crippen LogP contribution in [0.4, 0.5) is 33.4 Å². The van der Waals surface area contributed by atoms with Crippen molar-refractivity contribution in [1.29, 1.82) is 0 Å². The van der Waals surface area contributed by atoms with Crippen LogP contribution in [0, 0.1) is 0 Å². The van der Waals surface area contributed by atoms with E-state index >= 15 is 0 Å². The number of hydrogen-bond acceptors (Lipinski definition) is 4. The van der Waals surface area contributed by atoms with E-state index in [-0.39, 0.29) is 11.9 Å². The maximum Gasteiger partial charge on any atom is 0.323 e. The van der Waals surface area contributed by atoms with Gasteiger partial charge in [0.1, 0.15) is 5.82 Å². The Labute approximate surface area is 156 Å². The predicted octanol–water partition coefficient (Wildman–Crippen LogP) is 4.43. The molecule has 4 N–H and O–H groups in total. The fourth-order valence-electron chi connectivity index (χ4n) is 2.34. The fourth-order valence-corrected chi connectivity index (χ4v) is 2.34. The van der Waals surface area contributed by atoms with E-state index < -0.39 is 0 Å². The van der Waals surface area contributed by atoms with E-state index in [9.17, 15) is 9.59 Å². The molecule has 0 saturated heterocycles. The van der Waals surface area contributed by atoms with Gasteiger partial charge in [-0.1, -0.05) is 18.2 Å². The summed E-state index contributed by atoms with van der Waals surface area (Å²) in [4.78, 5) is 27.3. The monoisotopic (exact) mass is 361 g/mol. The summed E-state index contributed by atoms with van der Waals surface area (Å²) in [5, 5.41) is 11.3. The number of pyridine rings is 1. The van der Waals surface area contributed by atoms with E-state index in [0.717, 1.165) is 11.4 Å². The van der Waals surface area contributed by atoms with Crippen LogP contribution in [0.2, 0.25) is 0 Å². The van der Waals surface area contributed by atoms with Crippen molar-refractivity contribution in [3.63, 3.8) is 0 Å². The Morgan fingerprint density at radius 2 is 1.30 bits per heavy atom. The Morgan fingerprint density at radius 1 is 0.704 bits per heavy atom. The number of carbonyl (C=O) groups excluding carboxylic acids is 2. The number of amides is 3. The summed E-state index contributed by atoms with van der Waals surface area (Å²) >= 11 is 0. The number of urea groups is 1. The number of nitrogens with zero attached hydrogens (tertiary/aromatic N) is 1. The average Bonchev–Trinajstić information content (AvgIpc) is 2.65. The minimum Gasteiger partial charge on any atom is -0.340 e. The van der Waals surface area contributed by atoms with E-state index in [4.69, 9.17) is 0 Å². The lowest BCUT2D eigenvalue weighted by atomic mass is 10.2. The van der Waals surface area contributed by atoms with E-state index in [0.29, 0.717) is 17.2 Å². The molecule has 2 aromatic carbocycles. The molecule has 7 nitrogen and oxygen atoms in total. The zero-order chi connectivity index (χ0) is 19.1. The first-order chi connectivity index (χ1) is 13.1. The molecule has 136 valence electrons. The smallest absolute Gasteiger partial charge is 0.323 e. The standard InChI is InChI=1S/C20H19N5O2/c1-14(26)22-16-7-9-17(10-8-16)23-19-12-11-18(13-21-19)25-20(27)24-15-5-3-2-4-6-15/h2-13H,1H3,(H,21,23)(H,22,26)(H2,24,25,27). The summed E-state index contributed by atoms with van der Waals surface area (Å²) < 4.78 is 0. The predicted molar refractivity (Wildman–Crippen MR) is 107 cm³/mol. The Kier molecular flexibility index (Phi) is 5.64. The van der Waals surface area contributed by atoms with Gasteiger partial charge in [0.2, 0.25) is 5.91 Å². The molecule has 3 amide bonds. The van der Waals surface area contributed by atoms with Crippen LogP contribution in [-0.2, 0) is 4.79 Å². The van der Waals surface area contributed by atoms with Crippen LogP contribution in [0.1, 0.15) is 6.92 Å². The van der Waals surface area contributed by atoms with Crippen LogP contribution in [0.25, 0.3) is 0 Å². The molecule has 1 heterocycles. The Morgan fingerprint density at radius 3 is 1.93 bits per heavy atom. The number of nitrogens with one attached hydrogen (secondary N) is 4. The molecular weight excluding hydrogens is 342 g/mol. The highest BCUT2D eigenvalue weighted by molar-refractivity contribution is 5.99. The maximum atomic E-state index is 12.0. The molecule has 0 fully saturated rings. The quantitative estimate of drug-likeness (QED) is 0.541. The fraction of sp³-hybridized carbons (Fsp3) is 0.0500. The highest BCUT2D eigenvalue weighted by atomic mass is 16.2. The summed E-state index contributed by atoms with van der Waals surface area (Å²) in [7, 11) is 0. The molecule has 0 aliphatic heterocycles. The number of carbonyl (C=O) groups is 2. The van der Waals surface area contributed by atoms with E-state index in [2.05, 4.69) is 26.3 Å². The van der Waals surface area contributed by atoms with Gasteiger partial charge in [-0.05, 0) is 48.5 Å². The molecule has 27 heavy (non-hydrogen) atoms. The van der Waals surface area contributed by atoms with Crippen LogP contribution in [0.3, 0.4) is 0 Å². The second-order valence-electron chi connectivity index (χ2n) is 5.76. The van der Waals surface area contributed by atoms with Crippen molar-refractivity contribution in [3.05, 3.63) is 72.9 Å². The minimum atomic E-state index is -0.336. The molecule has 0 bridgehead atoms. The zero-order valence-corrected chi connectivity index (χ0v) is 14.7. The molecule has 0 radical (unpaired) electrons. The number of aromatic nitrogens is 1. The van der Waals surface area contributed by atoms with Crippen LogP contribution in [-0.4, -0.2) is 16.9 Å². The Bertz CT molecular complexity index is 909. The first-order valence-corrected chi connectivity index (χ1v) is 8.32. The normalized spacial score (nSPS) is 9.96. The van der Waals surface area contributed by atoms with Crippen molar-refractivity contribution in [3.8, 4) is 0 Å². The average molecular weight is 361 g/mol. The van der Waals surface area contributed by atoms with Gasteiger partial charge in [0, 0.05) is 24.0 Å². The SMILES string of the molecule is CC(=O)Nc1ccc(Nc2ccc(NC(=O)Nc3ccccc3)cn2)cc1. The summed E-state index contributed by atoms with van der Waals surface area (Å²) in [5.41, 5.74) is 2.85. The number of para-hydroxylation sites is 1. The van der Waals surface area contributed by atoms with E-state index in [1.54, 1.807) is 30.5 Å². The van der Waals surface area contributed by atoms with Crippen LogP contribution >= 0.6 is 0 Å². The van der Waals surface area contributed by atoms with Crippen molar-refractivity contribution in [2.24, 2.45) is 0 Å². The number of rotatable bonds is 5. The third kappa shape index (κ3) is 5.57. The third-order valence-electron chi connectivity index (χ3n) is 3.53. The molecule has 3 rings (SSSR count). The van der Waals surface area contributed by atoms with Gasteiger partial charge in [0.15, 0.2) is 0 Å². The van der Waals surface area contributed by atoms with Gasteiger partial charge in [0.25, 0.3) is 0 Å². The molecule has 0 unspecified atom stereocenters. The van der Waals surface area contributed by atoms with E-state index in [1.165, 1.54) is 6.92 Å². The highest BCUT2D eigenvalue weighted by Gasteiger charge is 2.03. The van der Waals surface area contributed by atoms with Crippen LogP contribution in [0.15, 0.2) is 72.9 Å². The van der Waals surface area contributed by atoms with Gasteiger partial charge in [-0.2, -0.15) is 0 Å². The lowest BCUT2D eigenvalue weighted by Crippen LogP contribution is -2.19. The molecular formula is C20H19N5O2. The third-order valence-corrected chi connectivity index (χ3v) is 3.53. The molecule has 0 aliphatic rings. The summed E-state index contributed by atoms with van der Waals surface area (Å²) in [6.45, 7) is 1.46. The van der Waals surface area contributed by atoms with Gasteiger partial charge in [-0.3, -0.25) is 4.79 Å². The topological polar surface area (TPSA) is 95.2 Å². The van der Waals surface area contributed by atoms with Gasteiger partial charge in [-0.15, -0.1) is 0 Å². The molecule has 0 aliphatic carbocycles. The number of hydrogen-bond donors (Lipinski definition) is 4. The lowest BCUT2D eigenvalue weighted by Gasteiger charge is -2.09. The van der Waals surface area contributed by atoms with Crippen LogP contribution < -0.4 is 21.3 Å². The van der Waals surface area contributed by atoms with Crippen molar-refractivity contribution in [2.45, 2.75) is 6.92 Å². The zero-order valence-electron chi connectivity index (χ0n) is 14.7.